The second-order valence-corrected chi connectivity index (χ2v) is 19.3. The molecule has 1 radical (unpaired) electrons. The average molecular weight is 848 g/mol. The maximum absolute atomic E-state index is 5.85. The van der Waals surface area contributed by atoms with Crippen molar-refractivity contribution in [2.24, 2.45) is 5.92 Å². The van der Waals surface area contributed by atoms with Crippen molar-refractivity contribution in [1.82, 2.24) is 14.5 Å². The summed E-state index contributed by atoms with van der Waals surface area (Å²) in [6, 6.07) is 42.8. The number of pyridine rings is 1. The SMILES string of the molecule is CC(C)Cc1cc(-c2[c-]cccc2)ncc1[Si](C)(C)C.Cc1ccc2cc3o[c-]c(-c4nc5ccccc5n4-c4ccccc4)c3cc2c1.[Ir]. The van der Waals surface area contributed by atoms with Crippen LogP contribution in [0.15, 0.2) is 126 Å². The number of nitrogens with zero attached hydrogens (tertiary/aromatic N) is 3. The molecule has 0 aliphatic heterocycles. The van der Waals surface area contributed by atoms with Gasteiger partial charge in [-0.3, -0.25) is 4.98 Å². The van der Waals surface area contributed by atoms with E-state index in [-0.39, 0.29) is 20.1 Å². The minimum Gasteiger partial charge on any atom is -0.557 e. The van der Waals surface area contributed by atoms with Crippen LogP contribution in [0.25, 0.3) is 61.1 Å². The largest absolute Gasteiger partial charge is 0.557 e. The number of aryl methyl sites for hydroxylation is 1. The van der Waals surface area contributed by atoms with Crippen LogP contribution in [0.3, 0.4) is 0 Å². The van der Waals surface area contributed by atoms with Crippen LogP contribution in [0.5, 0.6) is 0 Å². The predicted molar refractivity (Wildman–Crippen MR) is 207 cm³/mol. The number of hydrogen-bond acceptors (Lipinski definition) is 3. The van der Waals surface area contributed by atoms with Gasteiger partial charge in [0.15, 0.2) is 0 Å². The number of furan rings is 1. The fourth-order valence-electron chi connectivity index (χ4n) is 6.52. The van der Waals surface area contributed by atoms with E-state index in [0.717, 1.165) is 62.1 Å². The second-order valence-electron chi connectivity index (χ2n) is 14.2. The van der Waals surface area contributed by atoms with Gasteiger partial charge in [0.2, 0.25) is 0 Å². The van der Waals surface area contributed by atoms with Crippen molar-refractivity contribution < 1.29 is 24.5 Å². The molecule has 0 aliphatic rings. The molecule has 3 aromatic heterocycles. The summed E-state index contributed by atoms with van der Waals surface area (Å²) >= 11 is 0. The van der Waals surface area contributed by atoms with Crippen LogP contribution >= 0.6 is 0 Å². The minimum absolute atomic E-state index is 0. The van der Waals surface area contributed by atoms with Gasteiger partial charge in [0.05, 0.1) is 24.9 Å². The normalized spacial score (nSPS) is 11.5. The first-order valence-corrected chi connectivity index (χ1v) is 20.5. The van der Waals surface area contributed by atoms with E-state index in [1.807, 2.05) is 54.6 Å². The number of para-hydroxylation sites is 3. The van der Waals surface area contributed by atoms with Crippen molar-refractivity contribution in [2.75, 3.05) is 0 Å². The van der Waals surface area contributed by atoms with Gasteiger partial charge in [-0.05, 0) is 65.2 Å². The number of rotatable bonds is 6. The van der Waals surface area contributed by atoms with E-state index in [2.05, 4.69) is 129 Å². The molecule has 0 spiro atoms. The zero-order valence-corrected chi connectivity index (χ0v) is 32.8. The van der Waals surface area contributed by atoms with Crippen LogP contribution in [-0.4, -0.2) is 22.6 Å². The van der Waals surface area contributed by atoms with Crippen molar-refractivity contribution in [3.8, 4) is 28.3 Å². The maximum atomic E-state index is 5.85. The summed E-state index contributed by atoms with van der Waals surface area (Å²) in [6.07, 6.45) is 6.37. The third-order valence-corrected chi connectivity index (χ3v) is 10.9. The number of imidazole rings is 1. The third kappa shape index (κ3) is 7.29. The second kappa shape index (κ2) is 14.7. The first kappa shape index (κ1) is 35.2. The van der Waals surface area contributed by atoms with Gasteiger partial charge in [0, 0.05) is 43.8 Å². The zero-order valence-electron chi connectivity index (χ0n) is 29.4. The molecule has 4 nitrogen and oxygen atoms in total. The van der Waals surface area contributed by atoms with Crippen molar-refractivity contribution in [3.05, 3.63) is 145 Å². The summed E-state index contributed by atoms with van der Waals surface area (Å²) in [5, 5.41) is 4.87. The van der Waals surface area contributed by atoms with E-state index in [1.54, 1.807) is 0 Å². The Morgan fingerprint density at radius 2 is 1.58 bits per heavy atom. The van der Waals surface area contributed by atoms with Gasteiger partial charge in [-0.2, -0.15) is 0 Å². The van der Waals surface area contributed by atoms with Crippen LogP contribution in [0.4, 0.5) is 0 Å². The molecule has 0 N–H and O–H groups in total. The number of benzene rings is 5. The molecule has 0 saturated heterocycles. The van der Waals surface area contributed by atoms with Crippen LogP contribution in [0.2, 0.25) is 19.6 Å². The molecular weight excluding hydrogens is 807 g/mol. The van der Waals surface area contributed by atoms with Crippen molar-refractivity contribution in [3.63, 3.8) is 0 Å². The topological polar surface area (TPSA) is 43.9 Å². The van der Waals surface area contributed by atoms with Crippen LogP contribution in [-0.2, 0) is 26.5 Å². The molecule has 0 saturated carbocycles. The van der Waals surface area contributed by atoms with Crippen LogP contribution in [0.1, 0.15) is 25.0 Å². The first-order chi connectivity index (χ1) is 23.7. The molecule has 0 fully saturated rings. The quantitative estimate of drug-likeness (QED) is 0.124. The average Bonchev–Trinajstić information content (AvgIpc) is 3.68. The van der Waals surface area contributed by atoms with Gasteiger partial charge in [0.1, 0.15) is 0 Å². The van der Waals surface area contributed by atoms with Crippen molar-refractivity contribution in [1.29, 1.82) is 0 Å². The van der Waals surface area contributed by atoms with E-state index < -0.39 is 8.07 Å². The molecular formula is C44H41IrN3OSi-2. The fraction of sp³-hybridized carbons (Fsp3) is 0.182. The molecule has 0 unspecified atom stereocenters. The van der Waals surface area contributed by atoms with E-state index in [9.17, 15) is 0 Å². The summed E-state index contributed by atoms with van der Waals surface area (Å²) < 4.78 is 8.03. The number of hydrogen-bond donors (Lipinski definition) is 0. The number of fused-ring (bicyclic) bond motifs is 3. The van der Waals surface area contributed by atoms with Crippen LogP contribution < -0.4 is 5.19 Å². The Balaban J connectivity index is 0.000000182. The fourth-order valence-corrected chi connectivity index (χ4v) is 8.11. The minimum atomic E-state index is -1.34. The van der Waals surface area contributed by atoms with Gasteiger partial charge in [-0.1, -0.05) is 122 Å². The molecule has 8 aromatic rings. The molecule has 6 heteroatoms. The maximum Gasteiger partial charge on any atom is 0.0798 e. The van der Waals surface area contributed by atoms with E-state index in [4.69, 9.17) is 9.40 Å². The van der Waals surface area contributed by atoms with Crippen LogP contribution in [0, 0.1) is 25.2 Å². The third-order valence-electron chi connectivity index (χ3n) is 8.84. The molecule has 0 atom stereocenters. The summed E-state index contributed by atoms with van der Waals surface area (Å²) in [4.78, 5) is 9.64. The van der Waals surface area contributed by atoms with E-state index in [1.165, 1.54) is 21.7 Å². The van der Waals surface area contributed by atoms with E-state index >= 15 is 0 Å². The predicted octanol–water partition coefficient (Wildman–Crippen LogP) is 11.0. The van der Waals surface area contributed by atoms with Gasteiger partial charge in [-0.15, -0.1) is 35.9 Å². The molecule has 0 amide bonds. The standard InChI is InChI=1S/C26H17N2O.C18H24NSi.Ir/c1-17-11-12-18-15-25-21(14-19(18)13-17)22(16-29-25)26-27-23-9-5-6-10-24(23)28(26)20-7-3-2-4-8-20;1-14(2)11-16-12-17(15-9-7-6-8-10-15)19-13-18(16)20(3,4)5;/h2-15H,1H3;6-9,12-14H,11H2,1-5H3;/q2*-1;. The molecule has 8 rings (SSSR count). The van der Waals surface area contributed by atoms with Gasteiger partial charge in [-0.25, -0.2) is 0 Å². The zero-order chi connectivity index (χ0) is 34.1. The number of aromatic nitrogens is 3. The van der Waals surface area contributed by atoms with Gasteiger partial charge in [0.25, 0.3) is 0 Å². The summed E-state index contributed by atoms with van der Waals surface area (Å²) in [5.74, 6) is 1.50. The summed E-state index contributed by atoms with van der Waals surface area (Å²) in [5.41, 5.74) is 9.62. The Labute approximate surface area is 309 Å². The van der Waals surface area contributed by atoms with Gasteiger partial charge >= 0.3 is 0 Å². The molecule has 5 aromatic carbocycles. The molecule has 50 heavy (non-hydrogen) atoms. The Bertz CT molecular complexity index is 2390. The Kier molecular flexibility index (Phi) is 10.4. The monoisotopic (exact) mass is 848 g/mol. The molecule has 0 bridgehead atoms. The van der Waals surface area contributed by atoms with E-state index in [0.29, 0.717) is 5.92 Å². The summed E-state index contributed by atoms with van der Waals surface area (Å²) in [7, 11) is -1.34. The Morgan fingerprint density at radius 1 is 0.820 bits per heavy atom. The Hall–Kier alpha value is -4.61. The van der Waals surface area contributed by atoms with Gasteiger partial charge < -0.3 is 14.0 Å². The molecule has 253 valence electrons. The smallest absolute Gasteiger partial charge is 0.0798 e. The molecule has 3 heterocycles. The first-order valence-electron chi connectivity index (χ1n) is 17.0. The Morgan fingerprint density at radius 3 is 2.32 bits per heavy atom. The van der Waals surface area contributed by atoms with Crippen molar-refractivity contribution >= 4 is 46.0 Å². The van der Waals surface area contributed by atoms with Crippen molar-refractivity contribution in [2.45, 2.75) is 46.8 Å². The summed E-state index contributed by atoms with van der Waals surface area (Å²) in [6.45, 7) is 13.8. The molecule has 0 aliphatic carbocycles.